The van der Waals surface area contributed by atoms with Crippen LogP contribution < -0.4 is 24.4 Å². The maximum absolute atomic E-state index is 13.7. The van der Waals surface area contributed by atoms with Crippen LogP contribution in [0.1, 0.15) is 31.8 Å². The van der Waals surface area contributed by atoms with Crippen LogP contribution >= 0.6 is 22.9 Å². The van der Waals surface area contributed by atoms with E-state index in [4.69, 9.17) is 49.5 Å². The maximum atomic E-state index is 13.7. The van der Waals surface area contributed by atoms with Crippen molar-refractivity contribution < 1.29 is 61.9 Å². The van der Waals surface area contributed by atoms with E-state index in [2.05, 4.69) is 35.2 Å². The lowest BCUT2D eigenvalue weighted by Crippen LogP contribution is -2.14. The molecule has 0 amide bonds. The third-order valence-electron chi connectivity index (χ3n) is 7.65. The zero-order chi connectivity index (χ0) is 42.9. The Labute approximate surface area is 351 Å². The van der Waals surface area contributed by atoms with E-state index in [1.807, 2.05) is 0 Å². The maximum Gasteiger partial charge on any atom is 0.344 e. The van der Waals surface area contributed by atoms with Gasteiger partial charge in [0.25, 0.3) is 0 Å². The zero-order valence-corrected chi connectivity index (χ0v) is 33.0. The molecule has 0 radical (unpaired) electrons. The minimum absolute atomic E-state index is 0.00637. The van der Waals surface area contributed by atoms with Crippen LogP contribution in [0.15, 0.2) is 122 Å². The number of ether oxygens (including phenoxy) is 8. The predicted octanol–water partition coefficient (Wildman–Crippen LogP) is 7.21. The van der Waals surface area contributed by atoms with E-state index in [-0.39, 0.29) is 48.2 Å². The fraction of sp³-hybridized carbons (Fsp3) is 0.119. The molecule has 0 spiro atoms. The number of fused-ring (bicyclic) bond motifs is 1. The van der Waals surface area contributed by atoms with Gasteiger partial charge < -0.3 is 37.9 Å². The molecule has 0 atom stereocenters. The molecule has 0 bridgehead atoms. The highest BCUT2D eigenvalue weighted by Crippen LogP contribution is 2.33. The molecule has 16 nitrogen and oxygen atoms in total. The van der Waals surface area contributed by atoms with Gasteiger partial charge in [0, 0.05) is 41.3 Å². The molecule has 18 heteroatoms. The van der Waals surface area contributed by atoms with Gasteiger partial charge in [0.2, 0.25) is 25.5 Å². The Morgan fingerprint density at radius 2 is 1.35 bits per heavy atom. The Morgan fingerprint density at radius 1 is 0.700 bits per heavy atom. The molecule has 0 saturated heterocycles. The normalized spacial score (nSPS) is 10.6. The van der Waals surface area contributed by atoms with Crippen molar-refractivity contribution in [1.82, 2.24) is 4.98 Å². The minimum atomic E-state index is -0.784. The molecule has 0 aliphatic heterocycles. The van der Waals surface area contributed by atoms with Gasteiger partial charge in [0.15, 0.2) is 11.5 Å². The number of carbonyl (C=O) groups excluding carboxylic acids is 5. The standard InChI is InChI=1S/C42H34ClN3O13S/c1-4-37(47)56-23-53-30-11-8-27(9-12-30)40(50)52-18-17-26-7-14-32(28(19-26)22-44-46-42-45-33-15-10-29(43)20-36(33)60-42)41(51)59-31-13-16-34(54-24-57-38(48)5-2)35(21-31)55-25-58-39(49)6-3/h4-16,19-22H,1-3,17-18,23-25H2,(H,45,46)/b44-22+. The number of hydrogen-bond acceptors (Lipinski definition) is 17. The van der Waals surface area contributed by atoms with E-state index in [1.165, 1.54) is 66.1 Å². The van der Waals surface area contributed by atoms with Crippen molar-refractivity contribution in [2.75, 3.05) is 32.4 Å². The number of thiazole rings is 1. The molecule has 1 aromatic heterocycles. The van der Waals surface area contributed by atoms with Gasteiger partial charge in [0.05, 0.1) is 34.2 Å². The first-order chi connectivity index (χ1) is 29.0. The molecular weight excluding hydrogens is 822 g/mol. The summed E-state index contributed by atoms with van der Waals surface area (Å²) in [5.74, 6) is -3.04. The van der Waals surface area contributed by atoms with Crippen molar-refractivity contribution in [3.05, 3.63) is 144 Å². The van der Waals surface area contributed by atoms with Gasteiger partial charge in [-0.05, 0) is 72.3 Å². The molecule has 5 aromatic rings. The predicted molar refractivity (Wildman–Crippen MR) is 219 cm³/mol. The lowest BCUT2D eigenvalue weighted by Gasteiger charge is -2.14. The van der Waals surface area contributed by atoms with Gasteiger partial charge in [-0.1, -0.05) is 48.7 Å². The first-order valence-electron chi connectivity index (χ1n) is 17.4. The topological polar surface area (TPSA) is 196 Å². The molecule has 308 valence electrons. The van der Waals surface area contributed by atoms with Crippen LogP contribution in [0, 0.1) is 0 Å². The number of aromatic nitrogens is 1. The van der Waals surface area contributed by atoms with Crippen molar-refractivity contribution in [3.63, 3.8) is 0 Å². The van der Waals surface area contributed by atoms with Crippen LogP contribution in [0.3, 0.4) is 0 Å². The van der Waals surface area contributed by atoms with Crippen molar-refractivity contribution in [2.45, 2.75) is 6.42 Å². The Morgan fingerprint density at radius 3 is 2.03 bits per heavy atom. The average molecular weight is 856 g/mol. The third kappa shape index (κ3) is 13.0. The van der Waals surface area contributed by atoms with Crippen molar-refractivity contribution in [2.24, 2.45) is 5.10 Å². The highest BCUT2D eigenvalue weighted by molar-refractivity contribution is 7.22. The highest BCUT2D eigenvalue weighted by atomic mass is 35.5. The second-order valence-electron chi connectivity index (χ2n) is 11.6. The number of anilines is 1. The van der Waals surface area contributed by atoms with E-state index in [0.29, 0.717) is 27.0 Å². The van der Waals surface area contributed by atoms with Gasteiger partial charge in [-0.15, -0.1) is 0 Å². The van der Waals surface area contributed by atoms with E-state index < -0.39 is 43.4 Å². The summed E-state index contributed by atoms with van der Waals surface area (Å²) in [7, 11) is 0. The molecule has 5 rings (SSSR count). The van der Waals surface area contributed by atoms with Gasteiger partial charge >= 0.3 is 29.8 Å². The molecule has 1 N–H and O–H groups in total. The number of esters is 5. The molecule has 60 heavy (non-hydrogen) atoms. The summed E-state index contributed by atoms with van der Waals surface area (Å²) in [5, 5.41) is 5.35. The number of benzene rings is 4. The van der Waals surface area contributed by atoms with E-state index in [1.54, 1.807) is 30.3 Å². The summed E-state index contributed by atoms with van der Waals surface area (Å²) in [4.78, 5) is 65.1. The Hall–Kier alpha value is -7.50. The van der Waals surface area contributed by atoms with Gasteiger partial charge in [-0.2, -0.15) is 5.10 Å². The summed E-state index contributed by atoms with van der Waals surface area (Å²) >= 11 is 7.45. The van der Waals surface area contributed by atoms with Gasteiger partial charge in [0.1, 0.15) is 11.5 Å². The summed E-state index contributed by atoms with van der Waals surface area (Å²) < 4.78 is 42.9. The molecule has 4 aromatic carbocycles. The number of nitrogens with zero attached hydrogens (tertiary/aromatic N) is 2. The monoisotopic (exact) mass is 855 g/mol. The molecule has 1 heterocycles. The summed E-state index contributed by atoms with van der Waals surface area (Å²) in [6, 6.07) is 20.3. The van der Waals surface area contributed by atoms with Crippen LogP contribution in [0.4, 0.5) is 5.13 Å². The van der Waals surface area contributed by atoms with Gasteiger partial charge in [-0.25, -0.2) is 29.0 Å². The number of hydrazone groups is 1. The third-order valence-corrected chi connectivity index (χ3v) is 8.81. The minimum Gasteiger partial charge on any atom is -0.462 e. The average Bonchev–Trinajstić information content (AvgIpc) is 3.66. The Balaban J connectivity index is 1.30. The first kappa shape index (κ1) is 43.6. The second-order valence-corrected chi connectivity index (χ2v) is 13.1. The summed E-state index contributed by atoms with van der Waals surface area (Å²) in [6.07, 6.45) is 4.60. The molecule has 0 fully saturated rings. The fourth-order valence-corrected chi connectivity index (χ4v) is 5.87. The van der Waals surface area contributed by atoms with Crippen LogP contribution in [0.5, 0.6) is 23.0 Å². The number of hydrogen-bond donors (Lipinski definition) is 1. The van der Waals surface area contributed by atoms with Crippen molar-refractivity contribution in [1.29, 1.82) is 0 Å². The zero-order valence-electron chi connectivity index (χ0n) is 31.5. The lowest BCUT2D eigenvalue weighted by molar-refractivity contribution is -0.146. The SMILES string of the molecule is C=CC(=O)OCOc1ccc(C(=O)OCCc2ccc(C(=O)Oc3ccc(OCOC(=O)C=C)c(OCOC(=O)C=C)c3)c(/C=N/Nc3nc4ccc(Cl)cc4s3)c2)cc1. The van der Waals surface area contributed by atoms with Crippen molar-refractivity contribution >= 4 is 74.3 Å². The van der Waals surface area contributed by atoms with Crippen molar-refractivity contribution in [3.8, 4) is 23.0 Å². The van der Waals surface area contributed by atoms with E-state index in [9.17, 15) is 24.0 Å². The summed E-state index contributed by atoms with van der Waals surface area (Å²) in [5.41, 5.74) is 5.00. The first-order valence-corrected chi connectivity index (χ1v) is 18.6. The van der Waals surface area contributed by atoms with E-state index >= 15 is 0 Å². The molecule has 0 saturated carbocycles. The molecule has 0 aliphatic rings. The largest absolute Gasteiger partial charge is 0.462 e. The number of nitrogens with one attached hydrogen (secondary N) is 1. The number of halogens is 1. The number of rotatable bonds is 21. The molecular formula is C42H34ClN3O13S. The van der Waals surface area contributed by atoms with Gasteiger partial charge in [-0.3, -0.25) is 5.43 Å². The Bertz CT molecular complexity index is 2430. The van der Waals surface area contributed by atoms with Crippen LogP contribution in [-0.4, -0.2) is 68.0 Å². The smallest absolute Gasteiger partial charge is 0.344 e. The highest BCUT2D eigenvalue weighted by Gasteiger charge is 2.17. The van der Waals surface area contributed by atoms with Crippen LogP contribution in [-0.2, 0) is 39.8 Å². The molecule has 0 unspecified atom stereocenters. The van der Waals surface area contributed by atoms with Crippen LogP contribution in [0.25, 0.3) is 10.2 Å². The number of carbonyl (C=O) groups is 5. The van der Waals surface area contributed by atoms with E-state index in [0.717, 1.165) is 28.4 Å². The quantitative estimate of drug-likeness (QED) is 0.0148. The lowest BCUT2D eigenvalue weighted by atomic mass is 10.0. The second kappa shape index (κ2) is 21.9. The fourth-order valence-electron chi connectivity index (χ4n) is 4.78. The van der Waals surface area contributed by atoms with Crippen LogP contribution in [0.2, 0.25) is 5.02 Å². The Kier molecular flexibility index (Phi) is 15.9. The summed E-state index contributed by atoms with van der Waals surface area (Å²) in [6.45, 7) is 8.58. The molecule has 0 aliphatic carbocycles.